The van der Waals surface area contributed by atoms with Crippen LogP contribution >= 0.6 is 0 Å². The lowest BCUT2D eigenvalue weighted by atomic mass is 10.1. The molecule has 1 atom stereocenters. The maximum atomic E-state index is 12.2. The van der Waals surface area contributed by atoms with Gasteiger partial charge >= 0.3 is 0 Å². The van der Waals surface area contributed by atoms with E-state index in [-0.39, 0.29) is 17.7 Å². The van der Waals surface area contributed by atoms with Gasteiger partial charge in [0.05, 0.1) is 0 Å². The van der Waals surface area contributed by atoms with E-state index in [4.69, 9.17) is 0 Å². The molecule has 6 heteroatoms. The number of anilines is 1. The van der Waals surface area contributed by atoms with Gasteiger partial charge in [-0.3, -0.25) is 14.4 Å². The summed E-state index contributed by atoms with van der Waals surface area (Å²) in [6.45, 7) is 2.17. The summed E-state index contributed by atoms with van der Waals surface area (Å²) >= 11 is 0. The summed E-state index contributed by atoms with van der Waals surface area (Å²) < 4.78 is 0. The van der Waals surface area contributed by atoms with E-state index in [1.54, 1.807) is 18.2 Å². The van der Waals surface area contributed by atoms with Crippen LogP contribution in [-0.4, -0.2) is 31.8 Å². The fourth-order valence-electron chi connectivity index (χ4n) is 2.83. The zero-order chi connectivity index (χ0) is 17.7. The lowest BCUT2D eigenvalue weighted by molar-refractivity contribution is -0.112. The highest BCUT2D eigenvalue weighted by Crippen LogP contribution is 2.29. The molecule has 1 saturated carbocycles. The van der Waals surface area contributed by atoms with Crippen LogP contribution in [0.25, 0.3) is 0 Å². The van der Waals surface area contributed by atoms with E-state index in [9.17, 15) is 14.4 Å². The third-order valence-electron chi connectivity index (χ3n) is 4.08. The Bertz CT molecular complexity index is 660. The Labute approximate surface area is 141 Å². The Morgan fingerprint density at radius 1 is 1.04 bits per heavy atom. The number of nitrogens with one attached hydrogen (secondary N) is 3. The average Bonchev–Trinajstić information content (AvgIpc) is 2.97. The minimum Gasteiger partial charge on any atom is -0.355 e. The molecule has 0 saturated heterocycles. The van der Waals surface area contributed by atoms with Crippen molar-refractivity contribution in [3.8, 4) is 0 Å². The summed E-state index contributed by atoms with van der Waals surface area (Å²) in [5.41, 5.74) is 2.18. The minimum absolute atomic E-state index is 0.240. The number of hydrogen-bond donors (Lipinski definition) is 3. The van der Waals surface area contributed by atoms with Crippen LogP contribution in [0.3, 0.4) is 0 Å². The molecule has 0 heterocycles. The average molecular weight is 329 g/mol. The van der Waals surface area contributed by atoms with Gasteiger partial charge in [-0.2, -0.15) is 0 Å². The van der Waals surface area contributed by atoms with E-state index in [1.165, 1.54) is 20.2 Å². The van der Waals surface area contributed by atoms with Crippen molar-refractivity contribution >= 4 is 23.4 Å². The highest BCUT2D eigenvalue weighted by atomic mass is 16.2. The van der Waals surface area contributed by atoms with Crippen LogP contribution in [0.15, 0.2) is 29.8 Å². The summed E-state index contributed by atoms with van der Waals surface area (Å²) in [6, 6.07) is 4.60. The highest BCUT2D eigenvalue weighted by molar-refractivity contribution is 6.04. The molecule has 1 unspecified atom stereocenters. The minimum atomic E-state index is -0.320. The SMILES string of the molecule is CNC(=O)c1cc(NC(=O)/C=C2/CCC(C)C2)cc(C(=O)NC)c1. The largest absolute Gasteiger partial charge is 0.355 e. The standard InChI is InChI=1S/C18H23N3O3/c1-11-4-5-12(6-11)7-16(22)21-15-9-13(17(23)19-2)8-14(10-15)18(24)20-3/h7-11H,4-6H2,1-3H3,(H,19,23)(H,20,24)(H,21,22)/b12-7-. The van der Waals surface area contributed by atoms with Gasteiger partial charge in [0.2, 0.25) is 5.91 Å². The van der Waals surface area contributed by atoms with Crippen LogP contribution in [0.1, 0.15) is 46.9 Å². The van der Waals surface area contributed by atoms with Crippen molar-refractivity contribution in [1.82, 2.24) is 10.6 Å². The Balaban J connectivity index is 2.23. The Morgan fingerprint density at radius 2 is 1.62 bits per heavy atom. The number of benzene rings is 1. The lowest BCUT2D eigenvalue weighted by Crippen LogP contribution is -2.22. The molecule has 1 aliphatic carbocycles. The number of amides is 3. The molecule has 2 rings (SSSR count). The topological polar surface area (TPSA) is 87.3 Å². The van der Waals surface area contributed by atoms with Gasteiger partial charge in [-0.15, -0.1) is 0 Å². The van der Waals surface area contributed by atoms with Crippen molar-refractivity contribution in [3.05, 3.63) is 41.0 Å². The van der Waals surface area contributed by atoms with Crippen LogP contribution in [-0.2, 0) is 4.79 Å². The molecule has 1 aromatic carbocycles. The first kappa shape index (κ1) is 17.7. The molecular formula is C18H23N3O3. The lowest BCUT2D eigenvalue weighted by Gasteiger charge is -2.09. The third-order valence-corrected chi connectivity index (χ3v) is 4.08. The van der Waals surface area contributed by atoms with Crippen molar-refractivity contribution in [2.45, 2.75) is 26.2 Å². The van der Waals surface area contributed by atoms with Gasteiger partial charge in [0, 0.05) is 37.0 Å². The maximum absolute atomic E-state index is 12.2. The van der Waals surface area contributed by atoms with Crippen LogP contribution in [0.4, 0.5) is 5.69 Å². The Morgan fingerprint density at radius 3 is 2.08 bits per heavy atom. The zero-order valence-electron chi connectivity index (χ0n) is 14.2. The molecule has 3 amide bonds. The summed E-state index contributed by atoms with van der Waals surface area (Å²) in [4.78, 5) is 35.9. The molecule has 24 heavy (non-hydrogen) atoms. The first-order chi connectivity index (χ1) is 11.4. The monoisotopic (exact) mass is 329 g/mol. The highest BCUT2D eigenvalue weighted by Gasteiger charge is 2.16. The first-order valence-corrected chi connectivity index (χ1v) is 8.02. The molecule has 0 bridgehead atoms. The van der Waals surface area contributed by atoms with E-state index in [2.05, 4.69) is 22.9 Å². The van der Waals surface area contributed by atoms with E-state index >= 15 is 0 Å². The van der Waals surface area contributed by atoms with Gasteiger partial charge in [-0.05, 0) is 43.4 Å². The first-order valence-electron chi connectivity index (χ1n) is 8.02. The van der Waals surface area contributed by atoms with Crippen LogP contribution in [0.2, 0.25) is 0 Å². The number of rotatable bonds is 4. The van der Waals surface area contributed by atoms with Gasteiger partial charge in [0.1, 0.15) is 0 Å². The second kappa shape index (κ2) is 7.77. The normalized spacial score (nSPS) is 18.3. The molecule has 0 aromatic heterocycles. The zero-order valence-corrected chi connectivity index (χ0v) is 14.2. The number of carbonyl (C=O) groups excluding carboxylic acids is 3. The molecule has 0 aliphatic heterocycles. The van der Waals surface area contributed by atoms with Gasteiger partial charge in [0.15, 0.2) is 0 Å². The molecule has 1 aliphatic rings. The van der Waals surface area contributed by atoms with Crippen molar-refractivity contribution in [1.29, 1.82) is 0 Å². The summed E-state index contributed by atoms with van der Waals surface area (Å²) in [6.07, 6.45) is 4.60. The smallest absolute Gasteiger partial charge is 0.251 e. The second-order valence-corrected chi connectivity index (χ2v) is 6.10. The van der Waals surface area contributed by atoms with E-state index in [0.29, 0.717) is 22.7 Å². The van der Waals surface area contributed by atoms with Crippen molar-refractivity contribution in [2.24, 2.45) is 5.92 Å². The molecular weight excluding hydrogens is 306 g/mol. The fourth-order valence-corrected chi connectivity index (χ4v) is 2.83. The second-order valence-electron chi connectivity index (χ2n) is 6.10. The quantitative estimate of drug-likeness (QED) is 0.739. The molecule has 0 radical (unpaired) electrons. The predicted molar refractivity (Wildman–Crippen MR) is 93.0 cm³/mol. The molecule has 1 fully saturated rings. The molecule has 0 spiro atoms. The van der Waals surface area contributed by atoms with E-state index in [0.717, 1.165) is 24.8 Å². The van der Waals surface area contributed by atoms with Crippen molar-refractivity contribution < 1.29 is 14.4 Å². The van der Waals surface area contributed by atoms with E-state index in [1.807, 2.05) is 0 Å². The van der Waals surface area contributed by atoms with Gasteiger partial charge in [0.25, 0.3) is 11.8 Å². The molecule has 6 nitrogen and oxygen atoms in total. The van der Waals surface area contributed by atoms with E-state index < -0.39 is 0 Å². The van der Waals surface area contributed by atoms with Crippen LogP contribution < -0.4 is 16.0 Å². The van der Waals surface area contributed by atoms with Crippen molar-refractivity contribution in [3.63, 3.8) is 0 Å². The summed E-state index contributed by atoms with van der Waals surface area (Å²) in [5, 5.41) is 7.78. The number of allylic oxidation sites excluding steroid dienone is 1. The molecule has 1 aromatic rings. The van der Waals surface area contributed by atoms with Gasteiger partial charge in [-0.1, -0.05) is 12.5 Å². The molecule has 128 valence electrons. The van der Waals surface area contributed by atoms with Gasteiger partial charge < -0.3 is 16.0 Å². The summed E-state index contributed by atoms with van der Waals surface area (Å²) in [5.74, 6) is -0.269. The van der Waals surface area contributed by atoms with Crippen molar-refractivity contribution in [2.75, 3.05) is 19.4 Å². The third kappa shape index (κ3) is 4.44. The van der Waals surface area contributed by atoms with Gasteiger partial charge in [-0.25, -0.2) is 0 Å². The predicted octanol–water partition coefficient (Wildman–Crippen LogP) is 2.09. The Hall–Kier alpha value is -2.63. The summed E-state index contributed by atoms with van der Waals surface area (Å²) in [7, 11) is 3.03. The Kier molecular flexibility index (Phi) is 5.73. The fraction of sp³-hybridized carbons (Fsp3) is 0.389. The number of hydrogen-bond acceptors (Lipinski definition) is 3. The molecule has 3 N–H and O–H groups in total. The number of carbonyl (C=O) groups is 3. The van der Waals surface area contributed by atoms with Crippen LogP contribution in [0.5, 0.6) is 0 Å². The van der Waals surface area contributed by atoms with Crippen LogP contribution in [0, 0.1) is 5.92 Å². The maximum Gasteiger partial charge on any atom is 0.251 e.